The van der Waals surface area contributed by atoms with Crippen molar-refractivity contribution in [1.82, 2.24) is 15.0 Å². The molecule has 5 nitrogen and oxygen atoms in total. The molecular formula is C9H18N4O. The summed E-state index contributed by atoms with van der Waals surface area (Å²) >= 11 is 0. The second-order valence-electron chi connectivity index (χ2n) is 3.70. The smallest absolute Gasteiger partial charge is 0.165 e. The van der Waals surface area contributed by atoms with Gasteiger partial charge in [0.25, 0.3) is 0 Å². The van der Waals surface area contributed by atoms with Crippen molar-refractivity contribution in [3.05, 3.63) is 6.20 Å². The Morgan fingerprint density at radius 3 is 2.86 bits per heavy atom. The molecule has 0 unspecified atom stereocenters. The predicted octanol–water partition coefficient (Wildman–Crippen LogP) is 0.923. The minimum Gasteiger partial charge on any atom is -0.381 e. The van der Waals surface area contributed by atoms with Crippen LogP contribution in [0.4, 0.5) is 5.82 Å². The standard InChI is InChI=1S/C9H18N4O/c1-8(2)3-5-14-6-4-13-7-9(10)11-12-13/h7-8H,3-6,10H2,1-2H3. The van der Waals surface area contributed by atoms with Crippen LogP contribution in [0.1, 0.15) is 20.3 Å². The van der Waals surface area contributed by atoms with E-state index in [1.54, 1.807) is 10.9 Å². The van der Waals surface area contributed by atoms with Crippen molar-refractivity contribution in [2.75, 3.05) is 18.9 Å². The Morgan fingerprint density at radius 1 is 1.50 bits per heavy atom. The van der Waals surface area contributed by atoms with E-state index in [0.29, 0.717) is 24.9 Å². The molecule has 0 fully saturated rings. The Balaban J connectivity index is 2.04. The SMILES string of the molecule is CC(C)CCOCCn1cc(N)nn1. The van der Waals surface area contributed by atoms with Gasteiger partial charge < -0.3 is 10.5 Å². The number of hydrogen-bond acceptors (Lipinski definition) is 4. The van der Waals surface area contributed by atoms with Crippen LogP contribution < -0.4 is 5.73 Å². The summed E-state index contributed by atoms with van der Waals surface area (Å²) in [6.45, 7) is 6.54. The fourth-order valence-electron chi connectivity index (χ4n) is 1.00. The Kier molecular flexibility index (Phi) is 4.39. The maximum Gasteiger partial charge on any atom is 0.165 e. The molecule has 2 N–H and O–H groups in total. The van der Waals surface area contributed by atoms with E-state index in [4.69, 9.17) is 10.5 Å². The quantitative estimate of drug-likeness (QED) is 0.690. The van der Waals surface area contributed by atoms with Gasteiger partial charge in [-0.3, -0.25) is 0 Å². The van der Waals surface area contributed by atoms with Crippen LogP contribution in [0.3, 0.4) is 0 Å². The van der Waals surface area contributed by atoms with Crippen molar-refractivity contribution in [1.29, 1.82) is 0 Å². The Morgan fingerprint density at radius 2 is 2.29 bits per heavy atom. The highest BCUT2D eigenvalue weighted by atomic mass is 16.5. The molecule has 80 valence electrons. The first kappa shape index (κ1) is 11.0. The third-order valence-corrected chi connectivity index (χ3v) is 1.86. The van der Waals surface area contributed by atoms with Gasteiger partial charge in [0, 0.05) is 6.61 Å². The molecule has 0 spiro atoms. The third-order valence-electron chi connectivity index (χ3n) is 1.86. The van der Waals surface area contributed by atoms with Crippen molar-refractivity contribution in [3.8, 4) is 0 Å². The Labute approximate surface area is 84.2 Å². The topological polar surface area (TPSA) is 66.0 Å². The summed E-state index contributed by atoms with van der Waals surface area (Å²) in [5.41, 5.74) is 5.41. The van der Waals surface area contributed by atoms with Crippen molar-refractivity contribution in [3.63, 3.8) is 0 Å². The molecule has 0 saturated carbocycles. The molecule has 0 amide bonds. The molecule has 1 heterocycles. The van der Waals surface area contributed by atoms with E-state index in [0.717, 1.165) is 13.0 Å². The molecule has 0 saturated heterocycles. The average Bonchev–Trinajstić information content (AvgIpc) is 2.50. The first-order valence-electron chi connectivity index (χ1n) is 4.92. The van der Waals surface area contributed by atoms with Gasteiger partial charge in [0.2, 0.25) is 0 Å². The summed E-state index contributed by atoms with van der Waals surface area (Å²) in [6.07, 6.45) is 2.80. The van der Waals surface area contributed by atoms with Crippen LogP contribution in [-0.2, 0) is 11.3 Å². The van der Waals surface area contributed by atoms with Gasteiger partial charge in [-0.15, -0.1) is 5.10 Å². The van der Waals surface area contributed by atoms with E-state index in [2.05, 4.69) is 24.2 Å². The molecule has 0 aromatic carbocycles. The number of rotatable bonds is 6. The number of nitrogens with zero attached hydrogens (tertiary/aromatic N) is 3. The van der Waals surface area contributed by atoms with Crippen LogP contribution in [0, 0.1) is 5.92 Å². The molecule has 0 radical (unpaired) electrons. The zero-order valence-electron chi connectivity index (χ0n) is 8.81. The third kappa shape index (κ3) is 4.23. The van der Waals surface area contributed by atoms with Crippen LogP contribution in [0.25, 0.3) is 0 Å². The van der Waals surface area contributed by atoms with Crippen LogP contribution >= 0.6 is 0 Å². The molecule has 5 heteroatoms. The number of nitrogen functional groups attached to an aromatic ring is 1. The Bertz CT molecular complexity index is 259. The minimum absolute atomic E-state index is 0.451. The second kappa shape index (κ2) is 5.59. The Hall–Kier alpha value is -1.10. The molecule has 0 bridgehead atoms. The van der Waals surface area contributed by atoms with Crippen molar-refractivity contribution >= 4 is 5.82 Å². The average molecular weight is 198 g/mol. The van der Waals surface area contributed by atoms with Gasteiger partial charge in [-0.05, 0) is 12.3 Å². The molecular weight excluding hydrogens is 180 g/mol. The number of aromatic nitrogens is 3. The van der Waals surface area contributed by atoms with Gasteiger partial charge in [-0.25, -0.2) is 4.68 Å². The molecule has 0 aliphatic carbocycles. The highest BCUT2D eigenvalue weighted by molar-refractivity contribution is 5.19. The molecule has 0 atom stereocenters. The lowest BCUT2D eigenvalue weighted by atomic mass is 10.1. The highest BCUT2D eigenvalue weighted by Crippen LogP contribution is 1.99. The van der Waals surface area contributed by atoms with Gasteiger partial charge in [0.1, 0.15) is 0 Å². The number of ether oxygens (including phenoxy) is 1. The lowest BCUT2D eigenvalue weighted by Crippen LogP contribution is -2.08. The molecule has 1 aromatic heterocycles. The first-order valence-corrected chi connectivity index (χ1v) is 4.92. The minimum atomic E-state index is 0.451. The molecule has 0 aliphatic rings. The van der Waals surface area contributed by atoms with Crippen molar-refractivity contribution in [2.45, 2.75) is 26.8 Å². The first-order chi connectivity index (χ1) is 6.68. The lowest BCUT2D eigenvalue weighted by molar-refractivity contribution is 0.113. The maximum absolute atomic E-state index is 5.43. The van der Waals surface area contributed by atoms with E-state index < -0.39 is 0 Å². The predicted molar refractivity (Wildman–Crippen MR) is 54.7 cm³/mol. The van der Waals surface area contributed by atoms with Gasteiger partial charge >= 0.3 is 0 Å². The van der Waals surface area contributed by atoms with Gasteiger partial charge in [0.05, 0.1) is 19.3 Å². The van der Waals surface area contributed by atoms with E-state index in [-0.39, 0.29) is 0 Å². The van der Waals surface area contributed by atoms with Crippen LogP contribution in [0.2, 0.25) is 0 Å². The van der Waals surface area contributed by atoms with Gasteiger partial charge in [0.15, 0.2) is 5.82 Å². The largest absolute Gasteiger partial charge is 0.381 e. The van der Waals surface area contributed by atoms with E-state index in [9.17, 15) is 0 Å². The van der Waals surface area contributed by atoms with Crippen LogP contribution in [0.15, 0.2) is 6.20 Å². The zero-order chi connectivity index (χ0) is 10.4. The maximum atomic E-state index is 5.43. The summed E-state index contributed by atoms with van der Waals surface area (Å²) in [7, 11) is 0. The number of hydrogen-bond donors (Lipinski definition) is 1. The molecule has 1 rings (SSSR count). The fraction of sp³-hybridized carbons (Fsp3) is 0.778. The highest BCUT2D eigenvalue weighted by Gasteiger charge is 1.97. The van der Waals surface area contributed by atoms with Crippen LogP contribution in [0.5, 0.6) is 0 Å². The molecule has 14 heavy (non-hydrogen) atoms. The molecule has 1 aromatic rings. The summed E-state index contributed by atoms with van der Waals surface area (Å²) in [5, 5.41) is 7.49. The van der Waals surface area contributed by atoms with E-state index in [1.807, 2.05) is 0 Å². The van der Waals surface area contributed by atoms with Crippen molar-refractivity contribution in [2.24, 2.45) is 5.92 Å². The van der Waals surface area contributed by atoms with Gasteiger partial charge in [-0.2, -0.15) is 0 Å². The van der Waals surface area contributed by atoms with Crippen molar-refractivity contribution < 1.29 is 4.74 Å². The number of anilines is 1. The second-order valence-corrected chi connectivity index (χ2v) is 3.70. The summed E-state index contributed by atoms with van der Waals surface area (Å²) in [6, 6.07) is 0. The zero-order valence-corrected chi connectivity index (χ0v) is 8.81. The molecule has 0 aliphatic heterocycles. The number of nitrogens with two attached hydrogens (primary N) is 1. The lowest BCUT2D eigenvalue weighted by Gasteiger charge is -2.05. The van der Waals surface area contributed by atoms with E-state index in [1.165, 1.54) is 0 Å². The normalized spacial score (nSPS) is 11.1. The fourth-order valence-corrected chi connectivity index (χ4v) is 1.00. The van der Waals surface area contributed by atoms with E-state index >= 15 is 0 Å². The van der Waals surface area contributed by atoms with Crippen LogP contribution in [-0.4, -0.2) is 28.2 Å². The summed E-state index contributed by atoms with van der Waals surface area (Å²) < 4.78 is 7.11. The van der Waals surface area contributed by atoms with Gasteiger partial charge in [-0.1, -0.05) is 19.1 Å². The summed E-state index contributed by atoms with van der Waals surface area (Å²) in [5.74, 6) is 1.14. The summed E-state index contributed by atoms with van der Waals surface area (Å²) in [4.78, 5) is 0. The monoisotopic (exact) mass is 198 g/mol.